The second kappa shape index (κ2) is 6.39. The van der Waals surface area contributed by atoms with E-state index in [0.29, 0.717) is 0 Å². The predicted octanol–water partition coefficient (Wildman–Crippen LogP) is 0.652. The van der Waals surface area contributed by atoms with Crippen LogP contribution in [0.15, 0.2) is 24.3 Å². The summed E-state index contributed by atoms with van der Waals surface area (Å²) in [4.78, 5) is 16.2. The van der Waals surface area contributed by atoms with E-state index in [9.17, 15) is 4.79 Å². The molecule has 1 saturated heterocycles. The molecule has 0 aromatic heterocycles. The highest BCUT2D eigenvalue weighted by Crippen LogP contribution is 2.13. The van der Waals surface area contributed by atoms with Crippen molar-refractivity contribution in [2.75, 3.05) is 19.6 Å². The van der Waals surface area contributed by atoms with Gasteiger partial charge in [0, 0.05) is 25.1 Å². The van der Waals surface area contributed by atoms with Crippen LogP contribution in [-0.4, -0.2) is 48.7 Å². The van der Waals surface area contributed by atoms with Crippen molar-refractivity contribution in [3.63, 3.8) is 0 Å². The first-order valence-corrected chi connectivity index (χ1v) is 8.40. The van der Waals surface area contributed by atoms with Gasteiger partial charge in [-0.15, -0.1) is 0 Å². The topological polar surface area (TPSA) is 34.0 Å². The van der Waals surface area contributed by atoms with Crippen LogP contribution >= 0.6 is 0 Å². The molecule has 120 valence electrons. The number of morpholine rings is 1. The van der Waals surface area contributed by atoms with Gasteiger partial charge < -0.3 is 14.5 Å². The monoisotopic (exact) mass is 303 g/mol. The van der Waals surface area contributed by atoms with E-state index in [2.05, 4.69) is 31.2 Å². The van der Waals surface area contributed by atoms with Crippen LogP contribution < -0.4 is 4.90 Å². The Morgan fingerprint density at radius 3 is 2.55 bits per heavy atom. The van der Waals surface area contributed by atoms with Crippen LogP contribution in [0.25, 0.3) is 0 Å². The number of amides is 1. The highest BCUT2D eigenvalue weighted by atomic mass is 16.5. The van der Waals surface area contributed by atoms with E-state index in [-0.39, 0.29) is 24.2 Å². The molecule has 0 spiro atoms. The van der Waals surface area contributed by atoms with Crippen LogP contribution in [0, 0.1) is 0 Å². The highest BCUT2D eigenvalue weighted by Gasteiger charge is 2.34. The summed E-state index contributed by atoms with van der Waals surface area (Å²) in [5, 5.41) is 0. The third-order valence-electron chi connectivity index (χ3n) is 4.97. The number of hydrogen-bond donors (Lipinski definition) is 1. The average molecular weight is 303 g/mol. The molecule has 4 atom stereocenters. The van der Waals surface area contributed by atoms with Crippen molar-refractivity contribution in [1.29, 1.82) is 0 Å². The van der Waals surface area contributed by atoms with Crippen molar-refractivity contribution in [3.8, 4) is 0 Å². The molecule has 1 aromatic rings. The van der Waals surface area contributed by atoms with Gasteiger partial charge in [0.1, 0.15) is 6.54 Å². The van der Waals surface area contributed by atoms with Gasteiger partial charge in [0.05, 0.1) is 18.8 Å². The van der Waals surface area contributed by atoms with Crippen LogP contribution in [0.2, 0.25) is 0 Å². The van der Waals surface area contributed by atoms with Crippen LogP contribution in [-0.2, 0) is 22.5 Å². The van der Waals surface area contributed by atoms with Gasteiger partial charge in [-0.3, -0.25) is 4.79 Å². The number of rotatable bonds is 2. The number of nitrogens with zero attached hydrogens (tertiary/aromatic N) is 1. The van der Waals surface area contributed by atoms with Gasteiger partial charge in [0.15, 0.2) is 6.04 Å². The normalized spacial score (nSPS) is 29.8. The first-order chi connectivity index (χ1) is 10.5. The van der Waals surface area contributed by atoms with Crippen molar-refractivity contribution < 1.29 is 14.4 Å². The average Bonchev–Trinajstić information content (AvgIpc) is 2.52. The van der Waals surface area contributed by atoms with Crippen LogP contribution in [0.3, 0.4) is 0 Å². The van der Waals surface area contributed by atoms with E-state index in [1.807, 2.05) is 18.7 Å². The molecule has 0 bridgehead atoms. The SMILES string of the molecule is C[C@@H]1CN(C(=O)[C@@H](C)[NH+]2CCc3ccccc3C2)C[C@H](C)O1. The number of ether oxygens (including phenoxy) is 1. The zero-order chi connectivity index (χ0) is 15.7. The third-order valence-corrected chi connectivity index (χ3v) is 4.97. The highest BCUT2D eigenvalue weighted by molar-refractivity contribution is 5.80. The van der Waals surface area contributed by atoms with E-state index < -0.39 is 0 Å². The molecule has 3 rings (SSSR count). The number of carbonyl (C=O) groups excluding carboxylic acids is 1. The number of benzene rings is 1. The summed E-state index contributed by atoms with van der Waals surface area (Å²) in [5.74, 6) is 0.274. The standard InChI is InChI=1S/C18H26N2O2/c1-13-10-20(11-14(2)22-13)18(21)15(3)19-9-8-16-6-4-5-7-17(16)12-19/h4-7,13-15H,8-12H2,1-3H3/p+1/t13-,14+,15-/m1/s1. The fraction of sp³-hybridized carbons (Fsp3) is 0.611. The molecule has 2 aliphatic heterocycles. The summed E-state index contributed by atoms with van der Waals surface area (Å²) in [7, 11) is 0. The number of hydrogen-bond acceptors (Lipinski definition) is 2. The van der Waals surface area contributed by atoms with E-state index >= 15 is 0 Å². The molecule has 22 heavy (non-hydrogen) atoms. The van der Waals surface area contributed by atoms with Gasteiger partial charge in [-0.2, -0.15) is 0 Å². The van der Waals surface area contributed by atoms with E-state index in [0.717, 1.165) is 32.6 Å². The maximum atomic E-state index is 12.8. The molecule has 2 heterocycles. The largest absolute Gasteiger partial charge is 0.372 e. The van der Waals surface area contributed by atoms with Crippen molar-refractivity contribution in [2.24, 2.45) is 0 Å². The van der Waals surface area contributed by atoms with E-state index in [1.54, 1.807) is 0 Å². The molecule has 1 unspecified atom stereocenters. The second-order valence-electron chi connectivity index (χ2n) is 6.83. The maximum absolute atomic E-state index is 12.8. The summed E-state index contributed by atoms with van der Waals surface area (Å²) >= 11 is 0. The fourth-order valence-corrected chi connectivity index (χ4v) is 3.78. The van der Waals surface area contributed by atoms with E-state index in [1.165, 1.54) is 16.0 Å². The summed E-state index contributed by atoms with van der Waals surface area (Å²) in [6.07, 6.45) is 1.34. The zero-order valence-corrected chi connectivity index (χ0v) is 13.8. The zero-order valence-electron chi connectivity index (χ0n) is 13.8. The van der Waals surface area contributed by atoms with Gasteiger partial charge in [-0.05, 0) is 26.3 Å². The lowest BCUT2D eigenvalue weighted by atomic mass is 9.98. The summed E-state index contributed by atoms with van der Waals surface area (Å²) < 4.78 is 5.74. The maximum Gasteiger partial charge on any atom is 0.280 e. The Kier molecular flexibility index (Phi) is 4.50. The minimum Gasteiger partial charge on any atom is -0.372 e. The predicted molar refractivity (Wildman–Crippen MR) is 85.7 cm³/mol. The van der Waals surface area contributed by atoms with Crippen molar-refractivity contribution >= 4 is 5.91 Å². The first kappa shape index (κ1) is 15.5. The third kappa shape index (κ3) is 3.18. The van der Waals surface area contributed by atoms with Gasteiger partial charge in [-0.25, -0.2) is 0 Å². The minimum atomic E-state index is 0.0193. The smallest absolute Gasteiger partial charge is 0.280 e. The van der Waals surface area contributed by atoms with Crippen LogP contribution in [0.4, 0.5) is 0 Å². The summed E-state index contributed by atoms with van der Waals surface area (Å²) in [6.45, 7) is 9.61. The Balaban J connectivity index is 1.66. The molecule has 0 radical (unpaired) electrons. The second-order valence-corrected chi connectivity index (χ2v) is 6.83. The van der Waals surface area contributed by atoms with Crippen molar-refractivity contribution in [2.45, 2.75) is 52.0 Å². The summed E-state index contributed by atoms with van der Waals surface area (Å²) in [6, 6.07) is 8.63. The van der Waals surface area contributed by atoms with Crippen molar-refractivity contribution in [3.05, 3.63) is 35.4 Å². The van der Waals surface area contributed by atoms with Crippen LogP contribution in [0.1, 0.15) is 31.9 Å². The number of carbonyl (C=O) groups is 1. The number of quaternary nitrogens is 1. The lowest BCUT2D eigenvalue weighted by Gasteiger charge is -2.38. The van der Waals surface area contributed by atoms with E-state index in [4.69, 9.17) is 4.74 Å². The Bertz CT molecular complexity index is 536. The quantitative estimate of drug-likeness (QED) is 0.870. The number of fused-ring (bicyclic) bond motifs is 1. The lowest BCUT2D eigenvalue weighted by Crippen LogP contribution is -3.16. The molecule has 0 aliphatic carbocycles. The van der Waals surface area contributed by atoms with Crippen molar-refractivity contribution in [1.82, 2.24) is 4.90 Å². The molecular weight excluding hydrogens is 276 g/mol. The van der Waals surface area contributed by atoms with Gasteiger partial charge >= 0.3 is 0 Å². The lowest BCUT2D eigenvalue weighted by molar-refractivity contribution is -0.930. The molecule has 1 N–H and O–H groups in total. The number of nitrogens with one attached hydrogen (secondary N) is 1. The molecule has 2 aliphatic rings. The molecule has 0 saturated carbocycles. The summed E-state index contributed by atoms with van der Waals surface area (Å²) in [5.41, 5.74) is 2.84. The van der Waals surface area contributed by atoms with Gasteiger partial charge in [0.25, 0.3) is 5.91 Å². The van der Waals surface area contributed by atoms with Crippen LogP contribution in [0.5, 0.6) is 0 Å². The van der Waals surface area contributed by atoms with Gasteiger partial charge in [-0.1, -0.05) is 24.3 Å². The molecule has 1 amide bonds. The Labute approximate surface area is 133 Å². The molecular formula is C18H27N2O2+. The molecule has 1 fully saturated rings. The fourth-order valence-electron chi connectivity index (χ4n) is 3.78. The molecule has 1 aromatic carbocycles. The molecule has 4 nitrogen and oxygen atoms in total. The minimum absolute atomic E-state index is 0.0193. The van der Waals surface area contributed by atoms with Gasteiger partial charge in [0.2, 0.25) is 0 Å². The Morgan fingerprint density at radius 2 is 1.86 bits per heavy atom. The Hall–Kier alpha value is -1.39. The first-order valence-electron chi connectivity index (χ1n) is 8.40. The molecule has 4 heteroatoms. The Morgan fingerprint density at radius 1 is 1.23 bits per heavy atom.